The molecule has 0 saturated heterocycles. The number of nitrogens with one attached hydrogen (secondary N) is 1. The number of unbranched alkanes of at least 4 members (excludes halogenated alkanes) is 1. The van der Waals surface area contributed by atoms with Crippen LogP contribution in [0.15, 0.2) is 48.5 Å². The second-order valence-corrected chi connectivity index (χ2v) is 6.09. The molecule has 1 aromatic heterocycles. The van der Waals surface area contributed by atoms with Crippen LogP contribution in [0.4, 0.5) is 13.2 Å². The van der Waals surface area contributed by atoms with Crippen LogP contribution in [0.2, 0.25) is 0 Å². The van der Waals surface area contributed by atoms with Gasteiger partial charge in [-0.25, -0.2) is 9.97 Å². The van der Waals surface area contributed by atoms with E-state index in [9.17, 15) is 18.0 Å². The van der Waals surface area contributed by atoms with Gasteiger partial charge in [-0.05, 0) is 30.7 Å². The van der Waals surface area contributed by atoms with Crippen LogP contribution in [-0.2, 0) is 0 Å². The predicted molar refractivity (Wildman–Crippen MR) is 98.9 cm³/mol. The molecule has 0 atom stereocenters. The lowest BCUT2D eigenvalue weighted by Crippen LogP contribution is -2.26. The van der Waals surface area contributed by atoms with Gasteiger partial charge in [0.25, 0.3) is 5.91 Å². The lowest BCUT2D eigenvalue weighted by Gasteiger charge is -2.13. The topological polar surface area (TPSA) is 64.1 Å². The fourth-order valence-electron chi connectivity index (χ4n) is 2.66. The molecule has 1 amide bonds. The zero-order valence-corrected chi connectivity index (χ0v) is 15.1. The number of carbonyl (C=O) groups excluding carboxylic acids is 1. The predicted octanol–water partition coefficient (Wildman–Crippen LogP) is 4.73. The average Bonchev–Trinajstić information content (AvgIpc) is 2.66. The lowest BCUT2D eigenvalue weighted by molar-refractivity contribution is -0.274. The van der Waals surface area contributed by atoms with Gasteiger partial charge in [0.2, 0.25) is 0 Å². The van der Waals surface area contributed by atoms with Crippen molar-refractivity contribution in [2.45, 2.75) is 26.1 Å². The number of aromatic nitrogens is 2. The summed E-state index contributed by atoms with van der Waals surface area (Å²) in [6, 6.07) is 12.3. The Morgan fingerprint density at radius 3 is 2.46 bits per heavy atom. The molecular weight excluding hydrogens is 371 g/mol. The zero-order valence-electron chi connectivity index (χ0n) is 15.1. The van der Waals surface area contributed by atoms with E-state index in [1.54, 1.807) is 30.3 Å². The minimum absolute atomic E-state index is 0.0546. The number of nitrogens with zero attached hydrogens (tertiary/aromatic N) is 2. The monoisotopic (exact) mass is 389 g/mol. The van der Waals surface area contributed by atoms with Crippen LogP contribution in [0.3, 0.4) is 0 Å². The van der Waals surface area contributed by atoms with Crippen LogP contribution in [0.5, 0.6) is 5.75 Å². The Morgan fingerprint density at radius 2 is 1.79 bits per heavy atom. The highest BCUT2D eigenvalue weighted by atomic mass is 19.4. The number of hydrogen-bond donors (Lipinski definition) is 1. The second kappa shape index (κ2) is 8.24. The van der Waals surface area contributed by atoms with Crippen molar-refractivity contribution in [3.05, 3.63) is 54.2 Å². The molecule has 3 aromatic rings. The summed E-state index contributed by atoms with van der Waals surface area (Å²) in [6.45, 7) is 2.47. The number of ether oxygens (including phenoxy) is 1. The zero-order chi connectivity index (χ0) is 20.1. The van der Waals surface area contributed by atoms with Gasteiger partial charge in [-0.3, -0.25) is 4.79 Å². The molecule has 0 unspecified atom stereocenters. The van der Waals surface area contributed by atoms with E-state index in [1.165, 1.54) is 18.2 Å². The van der Waals surface area contributed by atoms with Crippen molar-refractivity contribution in [1.29, 1.82) is 0 Å². The van der Waals surface area contributed by atoms with Gasteiger partial charge in [0.05, 0.1) is 11.0 Å². The van der Waals surface area contributed by atoms with Crippen LogP contribution in [0.25, 0.3) is 22.3 Å². The maximum Gasteiger partial charge on any atom is 0.573 e. The Balaban J connectivity index is 2.07. The molecule has 0 radical (unpaired) electrons. The molecule has 0 bridgehead atoms. The first kappa shape index (κ1) is 19.6. The number of amides is 1. The summed E-state index contributed by atoms with van der Waals surface area (Å²) in [4.78, 5) is 21.5. The molecule has 5 nitrogen and oxygen atoms in total. The standard InChI is InChI=1S/C20H18F3N3O2/c1-2-3-11-24-19(27)18-17(25-15-9-4-5-10-16(15)26-18)13-7-6-8-14(12-13)28-20(21,22)23/h4-10,12H,2-3,11H2,1H3,(H,24,27). The maximum absolute atomic E-state index is 12.6. The van der Waals surface area contributed by atoms with E-state index in [0.29, 0.717) is 23.1 Å². The number of benzene rings is 2. The Bertz CT molecular complexity index is 990. The van der Waals surface area contributed by atoms with Crippen molar-refractivity contribution in [2.75, 3.05) is 6.54 Å². The highest BCUT2D eigenvalue weighted by molar-refractivity contribution is 6.00. The van der Waals surface area contributed by atoms with Crippen molar-refractivity contribution < 1.29 is 22.7 Å². The first-order valence-electron chi connectivity index (χ1n) is 8.78. The molecule has 0 spiro atoms. The fourth-order valence-corrected chi connectivity index (χ4v) is 2.66. The second-order valence-electron chi connectivity index (χ2n) is 6.09. The minimum Gasteiger partial charge on any atom is -0.406 e. The molecule has 0 fully saturated rings. The summed E-state index contributed by atoms with van der Waals surface area (Å²) in [5.74, 6) is -0.818. The van der Waals surface area contributed by atoms with E-state index in [2.05, 4.69) is 20.0 Å². The first-order chi connectivity index (χ1) is 13.4. The van der Waals surface area contributed by atoms with Crippen molar-refractivity contribution in [1.82, 2.24) is 15.3 Å². The summed E-state index contributed by atoms with van der Waals surface area (Å²) < 4.78 is 41.6. The Kier molecular flexibility index (Phi) is 5.77. The molecule has 0 aliphatic heterocycles. The van der Waals surface area contributed by atoms with Crippen molar-refractivity contribution in [2.24, 2.45) is 0 Å². The number of hydrogen-bond acceptors (Lipinski definition) is 4. The molecule has 2 aromatic carbocycles. The van der Waals surface area contributed by atoms with E-state index in [1.807, 2.05) is 6.92 Å². The summed E-state index contributed by atoms with van der Waals surface area (Å²) in [7, 11) is 0. The normalized spacial score (nSPS) is 11.4. The van der Waals surface area contributed by atoms with E-state index in [4.69, 9.17) is 0 Å². The highest BCUT2D eigenvalue weighted by Gasteiger charge is 2.31. The van der Waals surface area contributed by atoms with Gasteiger partial charge in [-0.1, -0.05) is 37.6 Å². The molecule has 28 heavy (non-hydrogen) atoms. The quantitative estimate of drug-likeness (QED) is 0.620. The molecule has 146 valence electrons. The molecule has 1 heterocycles. The van der Waals surface area contributed by atoms with Crippen molar-refractivity contribution in [3.8, 4) is 17.0 Å². The van der Waals surface area contributed by atoms with Gasteiger partial charge in [0.15, 0.2) is 5.69 Å². The van der Waals surface area contributed by atoms with Gasteiger partial charge >= 0.3 is 6.36 Å². The number of alkyl halides is 3. The third kappa shape index (κ3) is 4.76. The van der Waals surface area contributed by atoms with Gasteiger partial charge < -0.3 is 10.1 Å². The Labute approximate surface area is 159 Å². The van der Waals surface area contributed by atoms with Crippen molar-refractivity contribution in [3.63, 3.8) is 0 Å². The lowest BCUT2D eigenvalue weighted by atomic mass is 10.1. The fraction of sp³-hybridized carbons (Fsp3) is 0.250. The van der Waals surface area contributed by atoms with Crippen LogP contribution < -0.4 is 10.1 Å². The van der Waals surface area contributed by atoms with Gasteiger partial charge in [0, 0.05) is 12.1 Å². The van der Waals surface area contributed by atoms with Crippen LogP contribution in [0, 0.1) is 0 Å². The minimum atomic E-state index is -4.81. The molecule has 1 N–H and O–H groups in total. The first-order valence-corrected chi connectivity index (χ1v) is 8.78. The number of halogens is 3. The van der Waals surface area contributed by atoms with Gasteiger partial charge in [-0.15, -0.1) is 13.2 Å². The number of fused-ring (bicyclic) bond motifs is 1. The number of para-hydroxylation sites is 2. The van der Waals surface area contributed by atoms with Crippen LogP contribution >= 0.6 is 0 Å². The third-order valence-electron chi connectivity index (χ3n) is 3.94. The third-order valence-corrected chi connectivity index (χ3v) is 3.94. The molecule has 0 aliphatic rings. The summed E-state index contributed by atoms with van der Waals surface area (Å²) in [5.41, 5.74) is 1.61. The maximum atomic E-state index is 12.6. The van der Waals surface area contributed by atoms with E-state index in [-0.39, 0.29) is 11.4 Å². The van der Waals surface area contributed by atoms with Gasteiger partial charge in [0.1, 0.15) is 11.4 Å². The Morgan fingerprint density at radius 1 is 1.07 bits per heavy atom. The number of rotatable bonds is 6. The summed E-state index contributed by atoms with van der Waals surface area (Å²) in [5, 5.41) is 2.77. The van der Waals surface area contributed by atoms with E-state index >= 15 is 0 Å². The van der Waals surface area contributed by atoms with Crippen molar-refractivity contribution >= 4 is 16.9 Å². The average molecular weight is 389 g/mol. The Hall–Kier alpha value is -3.16. The highest BCUT2D eigenvalue weighted by Crippen LogP contribution is 2.29. The molecule has 3 rings (SSSR count). The number of carbonyl (C=O) groups is 1. The molecule has 0 saturated carbocycles. The SMILES string of the molecule is CCCCNC(=O)c1nc2ccccc2nc1-c1cccc(OC(F)(F)F)c1. The van der Waals surface area contributed by atoms with E-state index < -0.39 is 18.0 Å². The summed E-state index contributed by atoms with van der Waals surface area (Å²) in [6.07, 6.45) is -3.10. The largest absolute Gasteiger partial charge is 0.573 e. The smallest absolute Gasteiger partial charge is 0.406 e. The van der Waals surface area contributed by atoms with Gasteiger partial charge in [-0.2, -0.15) is 0 Å². The van der Waals surface area contributed by atoms with Crippen LogP contribution in [0.1, 0.15) is 30.3 Å². The molecular formula is C20H18F3N3O2. The molecule has 8 heteroatoms. The van der Waals surface area contributed by atoms with E-state index in [0.717, 1.165) is 12.8 Å². The molecule has 0 aliphatic carbocycles. The van der Waals surface area contributed by atoms with Crippen LogP contribution in [-0.4, -0.2) is 28.8 Å². The summed E-state index contributed by atoms with van der Waals surface area (Å²) >= 11 is 0.